The molecule has 0 aromatic carbocycles. The summed E-state index contributed by atoms with van der Waals surface area (Å²) in [4.78, 5) is 0. The van der Waals surface area contributed by atoms with Gasteiger partial charge < -0.3 is 10.2 Å². The highest BCUT2D eigenvalue weighted by Gasteiger charge is 2.41. The number of hydrogen-bond acceptors (Lipinski definition) is 2. The van der Waals surface area contributed by atoms with Crippen molar-refractivity contribution in [2.45, 2.75) is 50.7 Å². The van der Waals surface area contributed by atoms with Gasteiger partial charge in [-0.2, -0.15) is 0 Å². The van der Waals surface area contributed by atoms with Crippen molar-refractivity contribution in [1.82, 2.24) is 0 Å². The third-order valence-electron chi connectivity index (χ3n) is 3.29. The lowest BCUT2D eigenvalue weighted by molar-refractivity contribution is -0.0818. The summed E-state index contributed by atoms with van der Waals surface area (Å²) in [5, 5.41) is 19.8. The molecule has 1 saturated carbocycles. The van der Waals surface area contributed by atoms with Crippen LogP contribution in [0.25, 0.3) is 0 Å². The first-order valence-electron chi connectivity index (χ1n) is 4.84. The summed E-state index contributed by atoms with van der Waals surface area (Å²) >= 11 is 0. The molecule has 0 radical (unpaired) electrons. The van der Waals surface area contributed by atoms with E-state index in [4.69, 9.17) is 6.42 Å². The first-order chi connectivity index (χ1) is 5.92. The minimum absolute atomic E-state index is 0.231. The molecule has 2 heteroatoms. The zero-order chi connectivity index (χ0) is 10.1. The fourth-order valence-electron chi connectivity index (χ4n) is 1.82. The average Bonchev–Trinajstić information content (AvgIpc) is 2.11. The summed E-state index contributed by atoms with van der Waals surface area (Å²) in [6.45, 7) is 4.00. The first-order valence-corrected chi connectivity index (χ1v) is 4.84. The van der Waals surface area contributed by atoms with Gasteiger partial charge in [0.1, 0.15) is 5.60 Å². The molecule has 0 aliphatic heterocycles. The SMILES string of the molecule is C#CC1(O)CCC(O)(C(C)C)CC1. The quantitative estimate of drug-likeness (QED) is 0.600. The molecule has 13 heavy (non-hydrogen) atoms. The fourth-order valence-corrected chi connectivity index (χ4v) is 1.82. The van der Waals surface area contributed by atoms with E-state index in [2.05, 4.69) is 5.92 Å². The van der Waals surface area contributed by atoms with Crippen LogP contribution in [0.5, 0.6) is 0 Å². The average molecular weight is 182 g/mol. The largest absolute Gasteiger partial charge is 0.390 e. The normalized spacial score (nSPS) is 40.3. The number of rotatable bonds is 1. The van der Waals surface area contributed by atoms with Crippen LogP contribution in [0, 0.1) is 18.3 Å². The Morgan fingerprint density at radius 3 is 1.92 bits per heavy atom. The van der Waals surface area contributed by atoms with Gasteiger partial charge in [0, 0.05) is 0 Å². The molecule has 1 aliphatic carbocycles. The minimum atomic E-state index is -0.971. The molecule has 2 nitrogen and oxygen atoms in total. The highest BCUT2D eigenvalue weighted by atomic mass is 16.3. The van der Waals surface area contributed by atoms with Gasteiger partial charge in [0.25, 0.3) is 0 Å². The zero-order valence-corrected chi connectivity index (χ0v) is 8.38. The Morgan fingerprint density at radius 2 is 1.62 bits per heavy atom. The van der Waals surface area contributed by atoms with Gasteiger partial charge in [0.2, 0.25) is 0 Å². The van der Waals surface area contributed by atoms with Gasteiger partial charge in [0.15, 0.2) is 0 Å². The molecule has 2 N–H and O–H groups in total. The van der Waals surface area contributed by atoms with Gasteiger partial charge in [-0.25, -0.2) is 0 Å². The van der Waals surface area contributed by atoms with Gasteiger partial charge in [0.05, 0.1) is 5.60 Å². The lowest BCUT2D eigenvalue weighted by atomic mass is 9.71. The van der Waals surface area contributed by atoms with Crippen molar-refractivity contribution in [1.29, 1.82) is 0 Å². The molecule has 0 bridgehead atoms. The lowest BCUT2D eigenvalue weighted by Crippen LogP contribution is -2.45. The summed E-state index contributed by atoms with van der Waals surface area (Å²) in [7, 11) is 0. The summed E-state index contributed by atoms with van der Waals surface area (Å²) in [6.07, 6.45) is 7.45. The van der Waals surface area contributed by atoms with Crippen molar-refractivity contribution in [3.8, 4) is 12.3 Å². The number of terminal acetylenes is 1. The van der Waals surface area contributed by atoms with Crippen LogP contribution < -0.4 is 0 Å². The topological polar surface area (TPSA) is 40.5 Å². The van der Waals surface area contributed by atoms with E-state index in [-0.39, 0.29) is 5.92 Å². The molecular weight excluding hydrogens is 164 g/mol. The second kappa shape index (κ2) is 3.32. The van der Waals surface area contributed by atoms with Gasteiger partial charge in [-0.05, 0) is 31.6 Å². The highest BCUT2D eigenvalue weighted by molar-refractivity contribution is 5.11. The molecule has 1 fully saturated rings. The van der Waals surface area contributed by atoms with E-state index in [1.54, 1.807) is 0 Å². The monoisotopic (exact) mass is 182 g/mol. The number of hydrogen-bond donors (Lipinski definition) is 2. The summed E-state index contributed by atoms with van der Waals surface area (Å²) in [5.41, 5.74) is -1.59. The molecule has 0 atom stereocenters. The van der Waals surface area contributed by atoms with E-state index in [1.807, 2.05) is 13.8 Å². The standard InChI is InChI=1S/C11H18O2/c1-4-10(12)5-7-11(13,8-6-10)9(2)3/h1,9,12-13H,5-8H2,2-3H3. The molecule has 0 heterocycles. The molecule has 0 spiro atoms. The molecule has 0 unspecified atom stereocenters. The van der Waals surface area contributed by atoms with Crippen molar-refractivity contribution in [2.24, 2.45) is 5.92 Å². The van der Waals surface area contributed by atoms with Crippen molar-refractivity contribution >= 4 is 0 Å². The van der Waals surface area contributed by atoms with Gasteiger partial charge in [-0.3, -0.25) is 0 Å². The van der Waals surface area contributed by atoms with E-state index >= 15 is 0 Å². The van der Waals surface area contributed by atoms with Crippen LogP contribution in [-0.2, 0) is 0 Å². The predicted molar refractivity (Wildman–Crippen MR) is 52.0 cm³/mol. The Bertz CT molecular complexity index is 217. The third kappa shape index (κ3) is 2.04. The Hall–Kier alpha value is -0.520. The van der Waals surface area contributed by atoms with Crippen LogP contribution in [-0.4, -0.2) is 21.4 Å². The Labute approximate surface area is 80.0 Å². The fraction of sp³-hybridized carbons (Fsp3) is 0.818. The third-order valence-corrected chi connectivity index (χ3v) is 3.29. The summed E-state index contributed by atoms with van der Waals surface area (Å²) in [5.74, 6) is 2.63. The van der Waals surface area contributed by atoms with Gasteiger partial charge >= 0.3 is 0 Å². The van der Waals surface area contributed by atoms with Crippen LogP contribution in [0.2, 0.25) is 0 Å². The first kappa shape index (κ1) is 10.6. The van der Waals surface area contributed by atoms with Crippen molar-refractivity contribution in [2.75, 3.05) is 0 Å². The van der Waals surface area contributed by atoms with Gasteiger partial charge in [-0.15, -0.1) is 6.42 Å². The maximum absolute atomic E-state index is 10.1. The van der Waals surface area contributed by atoms with Crippen molar-refractivity contribution in [3.05, 3.63) is 0 Å². The van der Waals surface area contributed by atoms with Crippen LogP contribution in [0.1, 0.15) is 39.5 Å². The maximum atomic E-state index is 10.1. The molecule has 0 saturated heterocycles. The lowest BCUT2D eigenvalue weighted by Gasteiger charge is -2.41. The van der Waals surface area contributed by atoms with E-state index in [0.29, 0.717) is 25.7 Å². The van der Waals surface area contributed by atoms with Crippen LogP contribution in [0.4, 0.5) is 0 Å². The molecule has 0 amide bonds. The molecule has 1 rings (SSSR count). The molecule has 74 valence electrons. The van der Waals surface area contributed by atoms with E-state index < -0.39 is 11.2 Å². The second-order valence-corrected chi connectivity index (χ2v) is 4.43. The van der Waals surface area contributed by atoms with Crippen LogP contribution in [0.3, 0.4) is 0 Å². The smallest absolute Gasteiger partial charge is 0.125 e. The van der Waals surface area contributed by atoms with E-state index in [9.17, 15) is 10.2 Å². The summed E-state index contributed by atoms with van der Waals surface area (Å²) in [6, 6.07) is 0. The molecule has 1 aliphatic rings. The maximum Gasteiger partial charge on any atom is 0.125 e. The number of aliphatic hydroxyl groups is 2. The van der Waals surface area contributed by atoms with Crippen molar-refractivity contribution < 1.29 is 10.2 Å². The minimum Gasteiger partial charge on any atom is -0.390 e. The molecular formula is C11H18O2. The Morgan fingerprint density at radius 1 is 1.15 bits per heavy atom. The predicted octanol–water partition coefficient (Wildman–Crippen LogP) is 1.31. The Balaban J connectivity index is 2.63. The zero-order valence-electron chi connectivity index (χ0n) is 8.38. The van der Waals surface area contributed by atoms with E-state index in [0.717, 1.165) is 0 Å². The van der Waals surface area contributed by atoms with E-state index in [1.165, 1.54) is 0 Å². The summed E-state index contributed by atoms with van der Waals surface area (Å²) < 4.78 is 0. The molecule has 0 aromatic rings. The Kier molecular flexibility index (Phi) is 2.70. The van der Waals surface area contributed by atoms with Gasteiger partial charge in [-0.1, -0.05) is 19.8 Å². The van der Waals surface area contributed by atoms with Crippen LogP contribution in [0.15, 0.2) is 0 Å². The second-order valence-electron chi connectivity index (χ2n) is 4.43. The van der Waals surface area contributed by atoms with Crippen LogP contribution >= 0.6 is 0 Å². The van der Waals surface area contributed by atoms with Crippen molar-refractivity contribution in [3.63, 3.8) is 0 Å². The molecule has 0 aromatic heterocycles. The highest BCUT2D eigenvalue weighted by Crippen LogP contribution is 2.38.